The molecule has 3 N–H and O–H groups in total. The van der Waals surface area contributed by atoms with E-state index in [1.807, 2.05) is 30.3 Å². The Labute approximate surface area is 134 Å². The first kappa shape index (κ1) is 15.1. The van der Waals surface area contributed by atoms with Crippen LogP contribution in [-0.2, 0) is 6.54 Å². The molecule has 0 saturated heterocycles. The van der Waals surface area contributed by atoms with Crippen molar-refractivity contribution in [2.45, 2.75) is 6.54 Å². The maximum absolute atomic E-state index is 10.0. The number of nitrogens with zero attached hydrogens (tertiary/aromatic N) is 1. The molecule has 3 rings (SSSR count). The monoisotopic (exact) mass is 310 g/mol. The number of rotatable bonds is 4. The molecule has 23 heavy (non-hydrogen) atoms. The summed E-state index contributed by atoms with van der Waals surface area (Å²) in [5.41, 5.74) is 9.03. The number of ether oxygens (including phenoxy) is 2. The largest absolute Gasteiger partial charge is 0.506 e. The van der Waals surface area contributed by atoms with Crippen LogP contribution in [-0.4, -0.2) is 24.3 Å². The van der Waals surface area contributed by atoms with Gasteiger partial charge in [0.25, 0.3) is 0 Å². The van der Waals surface area contributed by atoms with Crippen LogP contribution in [0.25, 0.3) is 22.0 Å². The van der Waals surface area contributed by atoms with Crippen molar-refractivity contribution in [3.8, 4) is 28.4 Å². The predicted octanol–water partition coefficient (Wildman–Crippen LogP) is 3.08. The molecule has 0 aliphatic rings. The number of phenols is 1. The van der Waals surface area contributed by atoms with Crippen molar-refractivity contribution in [3.63, 3.8) is 0 Å². The van der Waals surface area contributed by atoms with E-state index in [-0.39, 0.29) is 5.75 Å². The van der Waals surface area contributed by atoms with Crippen molar-refractivity contribution in [2.24, 2.45) is 5.73 Å². The highest BCUT2D eigenvalue weighted by atomic mass is 16.5. The van der Waals surface area contributed by atoms with Crippen LogP contribution in [0.5, 0.6) is 17.2 Å². The van der Waals surface area contributed by atoms with Crippen LogP contribution in [0.15, 0.2) is 42.6 Å². The van der Waals surface area contributed by atoms with Crippen molar-refractivity contribution in [1.29, 1.82) is 0 Å². The van der Waals surface area contributed by atoms with Gasteiger partial charge in [0.15, 0.2) is 11.5 Å². The lowest BCUT2D eigenvalue weighted by atomic mass is 9.97. The Morgan fingerprint density at radius 2 is 1.91 bits per heavy atom. The van der Waals surface area contributed by atoms with Gasteiger partial charge in [0.05, 0.1) is 14.2 Å². The molecule has 0 aliphatic carbocycles. The van der Waals surface area contributed by atoms with Crippen LogP contribution in [0.4, 0.5) is 0 Å². The minimum absolute atomic E-state index is 0.144. The van der Waals surface area contributed by atoms with Crippen LogP contribution in [0.3, 0.4) is 0 Å². The summed E-state index contributed by atoms with van der Waals surface area (Å²) in [5.74, 6) is 1.39. The van der Waals surface area contributed by atoms with Gasteiger partial charge in [-0.25, -0.2) is 0 Å². The number of aromatic hydroxyl groups is 1. The molecule has 0 aliphatic heterocycles. The number of pyridine rings is 1. The third-order valence-corrected chi connectivity index (χ3v) is 3.81. The van der Waals surface area contributed by atoms with E-state index in [9.17, 15) is 5.11 Å². The first-order valence-corrected chi connectivity index (χ1v) is 7.21. The Bertz CT molecular complexity index is 862. The zero-order chi connectivity index (χ0) is 16.4. The number of nitrogens with two attached hydrogens (primary N) is 1. The maximum Gasteiger partial charge on any atom is 0.168 e. The molecule has 0 fully saturated rings. The van der Waals surface area contributed by atoms with Crippen molar-refractivity contribution in [3.05, 3.63) is 48.2 Å². The van der Waals surface area contributed by atoms with E-state index < -0.39 is 0 Å². The van der Waals surface area contributed by atoms with E-state index in [0.29, 0.717) is 23.6 Å². The summed E-state index contributed by atoms with van der Waals surface area (Å²) in [6, 6.07) is 11.1. The van der Waals surface area contributed by atoms with Gasteiger partial charge in [-0.15, -0.1) is 0 Å². The van der Waals surface area contributed by atoms with Crippen LogP contribution in [0, 0.1) is 0 Å². The first-order chi connectivity index (χ1) is 11.2. The normalized spacial score (nSPS) is 10.7. The summed E-state index contributed by atoms with van der Waals surface area (Å²) in [6.07, 6.45) is 1.65. The second-order valence-corrected chi connectivity index (χ2v) is 5.11. The number of benzene rings is 2. The average Bonchev–Trinajstić information content (AvgIpc) is 2.61. The van der Waals surface area contributed by atoms with E-state index in [1.54, 1.807) is 26.5 Å². The van der Waals surface area contributed by atoms with E-state index in [1.165, 1.54) is 0 Å². The molecule has 0 radical (unpaired) electrons. The molecule has 0 amide bonds. The Morgan fingerprint density at radius 1 is 1.09 bits per heavy atom. The fourth-order valence-corrected chi connectivity index (χ4v) is 2.73. The van der Waals surface area contributed by atoms with Gasteiger partial charge in [-0.1, -0.05) is 6.07 Å². The summed E-state index contributed by atoms with van der Waals surface area (Å²) >= 11 is 0. The van der Waals surface area contributed by atoms with E-state index in [0.717, 1.165) is 22.1 Å². The predicted molar refractivity (Wildman–Crippen MR) is 89.8 cm³/mol. The van der Waals surface area contributed by atoms with Gasteiger partial charge < -0.3 is 20.3 Å². The molecule has 0 atom stereocenters. The fraction of sp³-hybridized carbons (Fsp3) is 0.167. The van der Waals surface area contributed by atoms with Gasteiger partial charge in [-0.3, -0.25) is 4.98 Å². The molecule has 3 aromatic rings. The molecule has 0 bridgehead atoms. The van der Waals surface area contributed by atoms with Crippen LogP contribution in [0.1, 0.15) is 5.56 Å². The molecule has 5 heteroatoms. The highest BCUT2D eigenvalue weighted by Gasteiger charge is 2.17. The van der Waals surface area contributed by atoms with Crippen LogP contribution >= 0.6 is 0 Å². The molecular weight excluding hydrogens is 292 g/mol. The highest BCUT2D eigenvalue weighted by molar-refractivity contribution is 5.99. The first-order valence-electron chi connectivity index (χ1n) is 7.21. The highest BCUT2D eigenvalue weighted by Crippen LogP contribution is 2.42. The number of hydrogen-bond donors (Lipinski definition) is 2. The second-order valence-electron chi connectivity index (χ2n) is 5.11. The molecule has 0 saturated carbocycles. The van der Waals surface area contributed by atoms with Gasteiger partial charge in [-0.2, -0.15) is 0 Å². The quantitative estimate of drug-likeness (QED) is 0.774. The van der Waals surface area contributed by atoms with Gasteiger partial charge in [0.2, 0.25) is 0 Å². The van der Waals surface area contributed by atoms with E-state index >= 15 is 0 Å². The third-order valence-electron chi connectivity index (χ3n) is 3.81. The standard InChI is InChI=1S/C18H18N2O3/c1-22-16-9-11(10-19)8-14(18(16)23-2)12-5-6-15(21)17-13(12)4-3-7-20-17/h3-9,21H,10,19H2,1-2H3. The zero-order valence-electron chi connectivity index (χ0n) is 13.0. The lowest BCUT2D eigenvalue weighted by Gasteiger charge is -2.16. The van der Waals surface area contributed by atoms with Crippen molar-refractivity contribution in [2.75, 3.05) is 14.2 Å². The number of aromatic nitrogens is 1. The average molecular weight is 310 g/mol. The van der Waals surface area contributed by atoms with Gasteiger partial charge in [0, 0.05) is 23.7 Å². The Balaban J connectivity index is 2.37. The molecular formula is C18H18N2O3. The van der Waals surface area contributed by atoms with E-state index in [2.05, 4.69) is 4.98 Å². The Kier molecular flexibility index (Phi) is 4.04. The fourth-order valence-electron chi connectivity index (χ4n) is 2.73. The molecule has 1 aromatic heterocycles. The lowest BCUT2D eigenvalue weighted by Crippen LogP contribution is -2.00. The maximum atomic E-state index is 10.0. The molecule has 0 unspecified atom stereocenters. The zero-order valence-corrected chi connectivity index (χ0v) is 13.0. The van der Waals surface area contributed by atoms with Gasteiger partial charge >= 0.3 is 0 Å². The molecule has 118 valence electrons. The van der Waals surface area contributed by atoms with Crippen molar-refractivity contribution >= 4 is 10.9 Å². The number of fused-ring (bicyclic) bond motifs is 1. The number of phenolic OH excluding ortho intramolecular Hbond substituents is 1. The van der Waals surface area contributed by atoms with Crippen LogP contribution in [0.2, 0.25) is 0 Å². The number of hydrogen-bond acceptors (Lipinski definition) is 5. The summed E-state index contributed by atoms with van der Waals surface area (Å²) in [6.45, 7) is 0.390. The van der Waals surface area contributed by atoms with Crippen molar-refractivity contribution < 1.29 is 14.6 Å². The number of methoxy groups -OCH3 is 2. The minimum atomic E-state index is 0.144. The molecule has 2 aromatic carbocycles. The Hall–Kier alpha value is -2.79. The lowest BCUT2D eigenvalue weighted by molar-refractivity contribution is 0.356. The van der Waals surface area contributed by atoms with Gasteiger partial charge in [-0.05, 0) is 41.5 Å². The molecule has 0 spiro atoms. The SMILES string of the molecule is COc1cc(CN)cc(-c2ccc(O)c3ncccc23)c1OC. The summed E-state index contributed by atoms with van der Waals surface area (Å²) in [4.78, 5) is 4.26. The van der Waals surface area contributed by atoms with Crippen LogP contribution < -0.4 is 15.2 Å². The summed E-state index contributed by atoms with van der Waals surface area (Å²) in [7, 11) is 3.20. The minimum Gasteiger partial charge on any atom is -0.506 e. The summed E-state index contributed by atoms with van der Waals surface area (Å²) < 4.78 is 11.0. The topological polar surface area (TPSA) is 77.6 Å². The van der Waals surface area contributed by atoms with Gasteiger partial charge in [0.1, 0.15) is 11.3 Å². The Morgan fingerprint density at radius 3 is 2.61 bits per heavy atom. The second kappa shape index (κ2) is 6.14. The molecule has 1 heterocycles. The van der Waals surface area contributed by atoms with Crippen molar-refractivity contribution in [1.82, 2.24) is 4.98 Å². The molecule has 5 nitrogen and oxygen atoms in total. The van der Waals surface area contributed by atoms with E-state index in [4.69, 9.17) is 15.2 Å². The third kappa shape index (κ3) is 2.55. The smallest absolute Gasteiger partial charge is 0.168 e. The summed E-state index contributed by atoms with van der Waals surface area (Å²) in [5, 5.41) is 10.9.